The number of hydrogen-bond acceptors (Lipinski definition) is 3. The van der Waals surface area contributed by atoms with E-state index in [1.807, 2.05) is 24.3 Å². The summed E-state index contributed by atoms with van der Waals surface area (Å²) in [5.74, 6) is 2.31. The Balaban J connectivity index is 1.92. The lowest BCUT2D eigenvalue weighted by molar-refractivity contribution is 0.122. The number of likely N-dealkylation sites (tertiary alicyclic amines) is 1. The van der Waals surface area contributed by atoms with Crippen LogP contribution in [0.4, 0.5) is 0 Å². The van der Waals surface area contributed by atoms with Crippen LogP contribution in [0.5, 0.6) is 5.75 Å². The van der Waals surface area contributed by atoms with Crippen molar-refractivity contribution in [1.82, 2.24) is 4.90 Å². The highest BCUT2D eigenvalue weighted by atomic mass is 16.5. The van der Waals surface area contributed by atoms with Gasteiger partial charge in [-0.05, 0) is 42.5 Å². The molecule has 2 atom stereocenters. The van der Waals surface area contributed by atoms with Crippen LogP contribution >= 0.6 is 0 Å². The van der Waals surface area contributed by atoms with Gasteiger partial charge < -0.3 is 14.7 Å². The van der Waals surface area contributed by atoms with Gasteiger partial charge in [0.25, 0.3) is 0 Å². The van der Waals surface area contributed by atoms with Crippen molar-refractivity contribution in [2.24, 2.45) is 11.8 Å². The number of aliphatic hydroxyl groups is 1. The van der Waals surface area contributed by atoms with Crippen molar-refractivity contribution in [2.45, 2.75) is 26.4 Å². The number of benzene rings is 1. The van der Waals surface area contributed by atoms with Gasteiger partial charge in [0.2, 0.25) is 0 Å². The third-order valence-corrected chi connectivity index (χ3v) is 4.16. The second-order valence-corrected chi connectivity index (χ2v) is 5.84. The van der Waals surface area contributed by atoms with Crippen molar-refractivity contribution in [3.05, 3.63) is 29.8 Å². The molecule has 0 amide bonds. The molecule has 0 bridgehead atoms. The molecule has 3 nitrogen and oxygen atoms in total. The highest BCUT2D eigenvalue weighted by Crippen LogP contribution is 2.26. The van der Waals surface area contributed by atoms with Crippen LogP contribution in [0.2, 0.25) is 0 Å². The molecule has 0 radical (unpaired) electrons. The van der Waals surface area contributed by atoms with Gasteiger partial charge in [0.1, 0.15) is 5.75 Å². The number of ether oxygens (including phenoxy) is 1. The summed E-state index contributed by atoms with van der Waals surface area (Å²) in [6.07, 6.45) is 0.823. The number of hydrogen-bond donors (Lipinski definition) is 1. The van der Waals surface area contributed by atoms with E-state index in [9.17, 15) is 5.11 Å². The molecule has 1 heterocycles. The Kier molecular flexibility index (Phi) is 4.83. The van der Waals surface area contributed by atoms with Gasteiger partial charge in [0, 0.05) is 13.1 Å². The summed E-state index contributed by atoms with van der Waals surface area (Å²) in [7, 11) is 1.65. The monoisotopic (exact) mass is 263 g/mol. The number of nitrogens with zero attached hydrogens (tertiary/aromatic N) is 1. The van der Waals surface area contributed by atoms with E-state index >= 15 is 0 Å². The fourth-order valence-corrected chi connectivity index (χ4v) is 2.77. The van der Waals surface area contributed by atoms with Crippen molar-refractivity contribution < 1.29 is 9.84 Å². The molecule has 0 spiro atoms. The van der Waals surface area contributed by atoms with E-state index in [0.29, 0.717) is 0 Å². The Bertz CT molecular complexity index is 405. The molecule has 0 aliphatic carbocycles. The minimum Gasteiger partial charge on any atom is -0.497 e. The molecule has 106 valence electrons. The molecule has 1 aromatic carbocycles. The van der Waals surface area contributed by atoms with Crippen molar-refractivity contribution >= 4 is 0 Å². The zero-order chi connectivity index (χ0) is 13.8. The molecule has 1 aromatic rings. The maximum Gasteiger partial charge on any atom is 0.119 e. The molecule has 2 rings (SSSR count). The molecule has 0 aromatic heterocycles. The lowest BCUT2D eigenvalue weighted by atomic mass is 9.95. The molecule has 1 fully saturated rings. The van der Waals surface area contributed by atoms with Gasteiger partial charge in [-0.15, -0.1) is 0 Å². The van der Waals surface area contributed by atoms with Crippen LogP contribution in [0, 0.1) is 11.8 Å². The number of β-amino-alcohol motifs (C(OH)–C–C–N with tert-alkyl or cyclic N) is 1. The summed E-state index contributed by atoms with van der Waals surface area (Å²) in [5.41, 5.74) is 0.937. The number of methoxy groups -OCH3 is 1. The van der Waals surface area contributed by atoms with Crippen molar-refractivity contribution in [3.63, 3.8) is 0 Å². The first-order valence-corrected chi connectivity index (χ1v) is 7.14. The second-order valence-electron chi connectivity index (χ2n) is 5.84. The molecule has 0 saturated carbocycles. The first-order valence-electron chi connectivity index (χ1n) is 7.14. The lowest BCUT2D eigenvalue weighted by Crippen LogP contribution is -2.27. The minimum atomic E-state index is -0.430. The molecule has 19 heavy (non-hydrogen) atoms. The summed E-state index contributed by atoms with van der Waals surface area (Å²) in [4.78, 5) is 2.37. The van der Waals surface area contributed by atoms with Crippen molar-refractivity contribution in [3.8, 4) is 5.75 Å². The highest BCUT2D eigenvalue weighted by Gasteiger charge is 2.26. The van der Waals surface area contributed by atoms with E-state index in [4.69, 9.17) is 4.74 Å². The maximum atomic E-state index is 10.3. The molecule has 1 aliphatic heterocycles. The second kappa shape index (κ2) is 6.40. The Morgan fingerprint density at radius 1 is 1.42 bits per heavy atom. The van der Waals surface area contributed by atoms with Gasteiger partial charge in [-0.25, -0.2) is 0 Å². The minimum absolute atomic E-state index is 0.430. The van der Waals surface area contributed by atoms with Crippen LogP contribution in [-0.2, 0) is 0 Å². The third kappa shape index (κ3) is 3.71. The van der Waals surface area contributed by atoms with Gasteiger partial charge in [-0.2, -0.15) is 0 Å². The fraction of sp³-hybridized carbons (Fsp3) is 0.625. The van der Waals surface area contributed by atoms with Gasteiger partial charge in [0.05, 0.1) is 13.2 Å². The van der Waals surface area contributed by atoms with E-state index in [2.05, 4.69) is 18.7 Å². The van der Waals surface area contributed by atoms with Crippen molar-refractivity contribution in [1.29, 1.82) is 0 Å². The summed E-state index contributed by atoms with van der Waals surface area (Å²) in [6, 6.07) is 7.71. The number of aliphatic hydroxyl groups excluding tert-OH is 1. The molecular weight excluding hydrogens is 238 g/mol. The van der Waals surface area contributed by atoms with E-state index < -0.39 is 6.10 Å². The van der Waals surface area contributed by atoms with Gasteiger partial charge in [0.15, 0.2) is 0 Å². The van der Waals surface area contributed by atoms with Gasteiger partial charge in [-0.1, -0.05) is 26.0 Å². The first kappa shape index (κ1) is 14.4. The zero-order valence-electron chi connectivity index (χ0n) is 12.2. The molecule has 1 N–H and O–H groups in total. The van der Waals surface area contributed by atoms with E-state index in [1.165, 1.54) is 6.42 Å². The molecular formula is C16H25NO2. The predicted molar refractivity (Wildman–Crippen MR) is 77.3 cm³/mol. The van der Waals surface area contributed by atoms with Crippen LogP contribution in [0.15, 0.2) is 24.3 Å². The SMILES string of the molecule is COc1cccc(C(O)CN2CCC(C(C)C)C2)c1. The zero-order valence-corrected chi connectivity index (χ0v) is 12.2. The largest absolute Gasteiger partial charge is 0.497 e. The third-order valence-electron chi connectivity index (χ3n) is 4.16. The van der Waals surface area contributed by atoms with Crippen LogP contribution in [0.25, 0.3) is 0 Å². The van der Waals surface area contributed by atoms with E-state index in [-0.39, 0.29) is 0 Å². The molecule has 3 heteroatoms. The molecule has 2 unspecified atom stereocenters. The summed E-state index contributed by atoms with van der Waals surface area (Å²) in [6.45, 7) is 7.50. The smallest absolute Gasteiger partial charge is 0.119 e. The van der Waals surface area contributed by atoms with Crippen LogP contribution in [-0.4, -0.2) is 36.8 Å². The molecule has 1 aliphatic rings. The van der Waals surface area contributed by atoms with Crippen LogP contribution in [0.1, 0.15) is 31.9 Å². The van der Waals surface area contributed by atoms with E-state index in [0.717, 1.165) is 42.8 Å². The number of rotatable bonds is 5. The molecule has 1 saturated heterocycles. The average Bonchev–Trinajstić information content (AvgIpc) is 2.87. The normalized spacial score (nSPS) is 21.8. The maximum absolute atomic E-state index is 10.3. The summed E-state index contributed by atoms with van der Waals surface area (Å²) in [5, 5.41) is 10.3. The fourth-order valence-electron chi connectivity index (χ4n) is 2.77. The lowest BCUT2D eigenvalue weighted by Gasteiger charge is -2.21. The van der Waals surface area contributed by atoms with E-state index in [1.54, 1.807) is 7.11 Å². The standard InChI is InChI=1S/C16H25NO2/c1-12(2)14-7-8-17(10-14)11-16(18)13-5-4-6-15(9-13)19-3/h4-6,9,12,14,16,18H,7-8,10-11H2,1-3H3. The topological polar surface area (TPSA) is 32.7 Å². The Morgan fingerprint density at radius 3 is 2.84 bits per heavy atom. The predicted octanol–water partition coefficient (Wildman–Crippen LogP) is 2.71. The summed E-state index contributed by atoms with van der Waals surface area (Å²) >= 11 is 0. The summed E-state index contributed by atoms with van der Waals surface area (Å²) < 4.78 is 5.20. The average molecular weight is 263 g/mol. The van der Waals surface area contributed by atoms with Gasteiger partial charge >= 0.3 is 0 Å². The Hall–Kier alpha value is -1.06. The quantitative estimate of drug-likeness (QED) is 0.886. The van der Waals surface area contributed by atoms with Crippen molar-refractivity contribution in [2.75, 3.05) is 26.7 Å². The van der Waals surface area contributed by atoms with Crippen LogP contribution < -0.4 is 4.74 Å². The highest BCUT2D eigenvalue weighted by molar-refractivity contribution is 5.29. The Labute approximate surface area is 116 Å². The Morgan fingerprint density at radius 2 is 2.21 bits per heavy atom. The van der Waals surface area contributed by atoms with Crippen LogP contribution in [0.3, 0.4) is 0 Å². The van der Waals surface area contributed by atoms with Gasteiger partial charge in [-0.3, -0.25) is 0 Å². The first-order chi connectivity index (χ1) is 9.10.